The molecule has 0 unspecified atom stereocenters. The van der Waals surface area contributed by atoms with Crippen molar-refractivity contribution in [2.75, 3.05) is 13.2 Å². The lowest BCUT2D eigenvalue weighted by Gasteiger charge is -2.15. The molecule has 0 bridgehead atoms. The molecule has 0 radical (unpaired) electrons. The van der Waals surface area contributed by atoms with Crippen LogP contribution in [0.5, 0.6) is 0 Å². The molecule has 5 nitrogen and oxygen atoms in total. The van der Waals surface area contributed by atoms with Gasteiger partial charge in [-0.05, 0) is 38.3 Å². The normalized spacial score (nSPS) is 17.5. The van der Waals surface area contributed by atoms with Crippen molar-refractivity contribution in [1.29, 1.82) is 0 Å². The molecule has 98 valence electrons. The highest BCUT2D eigenvalue weighted by molar-refractivity contribution is 5.69. The molecular formula is C13H19N3O2. The van der Waals surface area contributed by atoms with E-state index < -0.39 is 0 Å². The maximum absolute atomic E-state index is 11.3. The van der Waals surface area contributed by atoms with E-state index in [2.05, 4.69) is 10.4 Å². The molecule has 1 N–H and O–H groups in total. The van der Waals surface area contributed by atoms with Gasteiger partial charge in [0.1, 0.15) is 6.54 Å². The van der Waals surface area contributed by atoms with Gasteiger partial charge in [0.05, 0.1) is 12.3 Å². The van der Waals surface area contributed by atoms with Crippen LogP contribution in [0.1, 0.15) is 31.9 Å². The van der Waals surface area contributed by atoms with Crippen molar-refractivity contribution < 1.29 is 9.53 Å². The van der Waals surface area contributed by atoms with E-state index in [0.717, 1.165) is 18.7 Å². The number of carbonyl (C=O) groups excluding carboxylic acids is 1. The zero-order valence-corrected chi connectivity index (χ0v) is 10.7. The Kier molecular flexibility index (Phi) is 4.39. The van der Waals surface area contributed by atoms with E-state index >= 15 is 0 Å². The zero-order valence-electron chi connectivity index (χ0n) is 10.7. The monoisotopic (exact) mass is 249 g/mol. The number of allylic oxidation sites excluding steroid dienone is 1. The lowest BCUT2D eigenvalue weighted by molar-refractivity contribution is -0.144. The summed E-state index contributed by atoms with van der Waals surface area (Å²) in [5.41, 5.74) is 2.10. The maximum atomic E-state index is 11.3. The number of hydrogen-bond donors (Lipinski definition) is 1. The Morgan fingerprint density at radius 1 is 1.61 bits per heavy atom. The minimum absolute atomic E-state index is 0.171. The fraction of sp³-hybridized carbons (Fsp3) is 0.538. The van der Waals surface area contributed by atoms with Crippen molar-refractivity contribution in [3.05, 3.63) is 23.7 Å². The van der Waals surface area contributed by atoms with E-state index in [1.165, 1.54) is 18.5 Å². The molecule has 0 aliphatic carbocycles. The van der Waals surface area contributed by atoms with E-state index in [9.17, 15) is 4.79 Å². The van der Waals surface area contributed by atoms with E-state index in [-0.39, 0.29) is 12.5 Å². The van der Waals surface area contributed by atoms with Crippen LogP contribution in [0.15, 0.2) is 18.0 Å². The first-order chi connectivity index (χ1) is 8.78. The highest BCUT2D eigenvalue weighted by atomic mass is 16.5. The number of rotatable bonds is 4. The first-order valence-electron chi connectivity index (χ1n) is 6.41. The van der Waals surface area contributed by atoms with Crippen molar-refractivity contribution in [3.63, 3.8) is 0 Å². The van der Waals surface area contributed by atoms with Crippen LogP contribution in [-0.4, -0.2) is 28.9 Å². The minimum atomic E-state index is -0.254. The number of esters is 1. The molecule has 1 aromatic heterocycles. The maximum Gasteiger partial charge on any atom is 0.327 e. The molecule has 2 rings (SSSR count). The highest BCUT2D eigenvalue weighted by Crippen LogP contribution is 2.13. The number of aromatic nitrogens is 2. The number of nitrogens with one attached hydrogen (secondary N) is 1. The van der Waals surface area contributed by atoms with Gasteiger partial charge in [-0.15, -0.1) is 0 Å². The molecule has 0 spiro atoms. The van der Waals surface area contributed by atoms with E-state index in [4.69, 9.17) is 4.74 Å². The topological polar surface area (TPSA) is 56.1 Å². The molecule has 0 saturated carbocycles. The van der Waals surface area contributed by atoms with Crippen molar-refractivity contribution in [2.45, 2.75) is 32.7 Å². The number of hydrogen-bond acceptors (Lipinski definition) is 4. The lowest BCUT2D eigenvalue weighted by atomic mass is 10.1. The number of piperidine rings is 1. The number of ether oxygens (including phenoxy) is 1. The minimum Gasteiger partial charge on any atom is -0.465 e. The Morgan fingerprint density at radius 2 is 2.50 bits per heavy atom. The van der Waals surface area contributed by atoms with Crippen LogP contribution in [-0.2, 0) is 16.1 Å². The first kappa shape index (κ1) is 12.7. The zero-order chi connectivity index (χ0) is 12.8. The first-order valence-corrected chi connectivity index (χ1v) is 6.41. The van der Waals surface area contributed by atoms with Crippen LogP contribution in [0.2, 0.25) is 0 Å². The molecule has 1 aromatic rings. The third kappa shape index (κ3) is 3.61. The fourth-order valence-corrected chi connectivity index (χ4v) is 1.96. The van der Waals surface area contributed by atoms with Crippen LogP contribution in [0, 0.1) is 0 Å². The lowest BCUT2D eigenvalue weighted by Crippen LogP contribution is -2.19. The van der Waals surface area contributed by atoms with Crippen LogP contribution in [0.3, 0.4) is 0 Å². The molecule has 0 atom stereocenters. The summed E-state index contributed by atoms with van der Waals surface area (Å²) in [6.45, 7) is 3.41. The summed E-state index contributed by atoms with van der Waals surface area (Å²) in [5.74, 6) is -0.254. The Balaban J connectivity index is 1.95. The molecule has 1 saturated heterocycles. The Morgan fingerprint density at radius 3 is 3.22 bits per heavy atom. The standard InChI is InChI=1S/C13H19N3O2/c1-2-18-13(17)10-16-8-6-12(15-16)9-11-5-3-4-7-14-11/h6,8-9,14H,2-5,7,10H2,1H3. The summed E-state index contributed by atoms with van der Waals surface area (Å²) >= 11 is 0. The Hall–Kier alpha value is -1.78. The van der Waals surface area contributed by atoms with Crippen LogP contribution in [0.25, 0.3) is 6.08 Å². The van der Waals surface area contributed by atoms with Gasteiger partial charge in [-0.2, -0.15) is 5.10 Å². The van der Waals surface area contributed by atoms with Gasteiger partial charge < -0.3 is 10.1 Å². The van der Waals surface area contributed by atoms with Crippen LogP contribution >= 0.6 is 0 Å². The summed E-state index contributed by atoms with van der Waals surface area (Å²) in [6.07, 6.45) is 7.37. The summed E-state index contributed by atoms with van der Waals surface area (Å²) in [6, 6.07) is 1.91. The molecule has 2 heterocycles. The van der Waals surface area contributed by atoms with Crippen molar-refractivity contribution >= 4 is 12.0 Å². The largest absolute Gasteiger partial charge is 0.465 e. The Labute approximate surface area is 107 Å². The van der Waals surface area contributed by atoms with Crippen LogP contribution < -0.4 is 5.32 Å². The average molecular weight is 249 g/mol. The summed E-state index contributed by atoms with van der Waals surface area (Å²) < 4.78 is 6.48. The van der Waals surface area contributed by atoms with Gasteiger partial charge in [0.15, 0.2) is 0 Å². The second-order valence-electron chi connectivity index (χ2n) is 4.30. The molecule has 1 aliphatic heterocycles. The smallest absolute Gasteiger partial charge is 0.327 e. The van der Waals surface area contributed by atoms with Crippen molar-refractivity contribution in [1.82, 2.24) is 15.1 Å². The third-order valence-electron chi connectivity index (χ3n) is 2.80. The van der Waals surface area contributed by atoms with E-state index in [0.29, 0.717) is 6.61 Å². The molecule has 5 heteroatoms. The van der Waals surface area contributed by atoms with Gasteiger partial charge in [-0.25, -0.2) is 0 Å². The van der Waals surface area contributed by atoms with Gasteiger partial charge in [-0.1, -0.05) is 0 Å². The predicted molar refractivity (Wildman–Crippen MR) is 68.7 cm³/mol. The molecule has 0 aromatic carbocycles. The quantitative estimate of drug-likeness (QED) is 0.823. The van der Waals surface area contributed by atoms with Crippen molar-refractivity contribution in [3.8, 4) is 0 Å². The Bertz CT molecular complexity index is 429. The average Bonchev–Trinajstić information content (AvgIpc) is 2.78. The SMILES string of the molecule is CCOC(=O)Cn1ccc(C=C2CCCCN2)n1. The van der Waals surface area contributed by atoms with E-state index in [1.54, 1.807) is 17.8 Å². The molecule has 0 amide bonds. The van der Waals surface area contributed by atoms with Crippen molar-refractivity contribution in [2.24, 2.45) is 0 Å². The van der Waals surface area contributed by atoms with Gasteiger partial charge in [-0.3, -0.25) is 9.48 Å². The molecule has 18 heavy (non-hydrogen) atoms. The van der Waals surface area contributed by atoms with Gasteiger partial charge in [0.25, 0.3) is 0 Å². The van der Waals surface area contributed by atoms with Crippen LogP contribution in [0.4, 0.5) is 0 Å². The second kappa shape index (κ2) is 6.23. The summed E-state index contributed by atoms with van der Waals surface area (Å²) in [4.78, 5) is 11.3. The predicted octanol–water partition coefficient (Wildman–Crippen LogP) is 1.56. The third-order valence-corrected chi connectivity index (χ3v) is 2.80. The highest BCUT2D eigenvalue weighted by Gasteiger charge is 2.07. The van der Waals surface area contributed by atoms with Gasteiger partial charge in [0, 0.05) is 18.4 Å². The van der Waals surface area contributed by atoms with Gasteiger partial charge >= 0.3 is 5.97 Å². The number of carbonyl (C=O) groups is 1. The van der Waals surface area contributed by atoms with E-state index in [1.807, 2.05) is 12.1 Å². The number of nitrogens with zero attached hydrogens (tertiary/aromatic N) is 2. The molecule has 1 fully saturated rings. The molecule has 1 aliphatic rings. The van der Waals surface area contributed by atoms with Gasteiger partial charge in [0.2, 0.25) is 0 Å². The second-order valence-corrected chi connectivity index (χ2v) is 4.30. The summed E-state index contributed by atoms with van der Waals surface area (Å²) in [7, 11) is 0. The molecular weight excluding hydrogens is 230 g/mol. The summed E-state index contributed by atoms with van der Waals surface area (Å²) in [5, 5.41) is 7.68. The fourth-order valence-electron chi connectivity index (χ4n) is 1.96.